The quantitative estimate of drug-likeness (QED) is 0.634. The molecule has 0 spiro atoms. The van der Waals surface area contributed by atoms with Gasteiger partial charge in [0.1, 0.15) is 6.54 Å². The first-order valence-corrected chi connectivity index (χ1v) is 9.49. The van der Waals surface area contributed by atoms with Crippen LogP contribution in [0.5, 0.6) is 11.5 Å². The molecule has 0 atom stereocenters. The summed E-state index contributed by atoms with van der Waals surface area (Å²) in [5.41, 5.74) is 0.737. The summed E-state index contributed by atoms with van der Waals surface area (Å²) in [7, 11) is 0.244. The van der Waals surface area contributed by atoms with E-state index in [-0.39, 0.29) is 4.90 Å². The number of hydrogen-bond donors (Lipinski definition) is 2. The van der Waals surface area contributed by atoms with E-state index in [0.717, 1.165) is 7.11 Å². The van der Waals surface area contributed by atoms with Gasteiger partial charge in [0.25, 0.3) is 5.91 Å². The van der Waals surface area contributed by atoms with Crippen molar-refractivity contribution in [2.45, 2.75) is 4.90 Å². The van der Waals surface area contributed by atoms with Gasteiger partial charge in [-0.15, -0.1) is 0 Å². The molecule has 1 amide bonds. The summed E-state index contributed by atoms with van der Waals surface area (Å²) in [5, 5.41) is 2.66. The van der Waals surface area contributed by atoms with Crippen molar-refractivity contribution in [3.05, 3.63) is 48.0 Å². The van der Waals surface area contributed by atoms with Gasteiger partial charge in [-0.3, -0.25) is 9.59 Å². The fourth-order valence-electron chi connectivity index (χ4n) is 2.21. The van der Waals surface area contributed by atoms with E-state index in [1.54, 1.807) is 12.1 Å². The average molecular weight is 408 g/mol. The first-order valence-electron chi connectivity index (χ1n) is 8.00. The van der Waals surface area contributed by atoms with Gasteiger partial charge in [0.2, 0.25) is 10.0 Å². The molecule has 0 heterocycles. The van der Waals surface area contributed by atoms with Gasteiger partial charge in [0.15, 0.2) is 11.5 Å². The monoisotopic (exact) mass is 408 g/mol. The predicted molar refractivity (Wildman–Crippen MR) is 101 cm³/mol. The lowest BCUT2D eigenvalue weighted by atomic mass is 10.2. The molecule has 0 fully saturated rings. The molecule has 0 unspecified atom stereocenters. The molecule has 2 N–H and O–H groups in total. The number of esters is 1. The maximum Gasteiger partial charge on any atom is 0.320 e. The Hall–Kier alpha value is -3.11. The van der Waals surface area contributed by atoms with E-state index in [0.29, 0.717) is 22.7 Å². The van der Waals surface area contributed by atoms with Gasteiger partial charge in [0.05, 0.1) is 26.2 Å². The maximum absolute atomic E-state index is 12.4. The second kappa shape index (κ2) is 9.20. The summed E-state index contributed by atoms with van der Waals surface area (Å²) in [5.74, 6) is -0.205. The van der Waals surface area contributed by atoms with E-state index in [1.807, 2.05) is 0 Å². The Kier molecular flexibility index (Phi) is 6.96. The number of hydrogen-bond acceptors (Lipinski definition) is 7. The van der Waals surface area contributed by atoms with Gasteiger partial charge in [-0.2, -0.15) is 4.72 Å². The molecular formula is C18H20N2O7S. The van der Waals surface area contributed by atoms with E-state index >= 15 is 0 Å². The number of carbonyl (C=O) groups is 2. The number of anilines is 1. The maximum atomic E-state index is 12.4. The molecule has 10 heteroatoms. The second-order valence-corrected chi connectivity index (χ2v) is 7.22. The average Bonchev–Trinajstić information content (AvgIpc) is 2.71. The molecule has 150 valence electrons. The van der Waals surface area contributed by atoms with Crippen molar-refractivity contribution < 1.29 is 32.2 Å². The van der Waals surface area contributed by atoms with Crippen LogP contribution in [0.4, 0.5) is 5.69 Å². The van der Waals surface area contributed by atoms with Crippen LogP contribution >= 0.6 is 0 Å². The highest BCUT2D eigenvalue weighted by Crippen LogP contribution is 2.28. The van der Waals surface area contributed by atoms with Crippen LogP contribution in [0, 0.1) is 0 Å². The SMILES string of the molecule is COC(=O)CNS(=O)(=O)c1ccc(NC(=O)c2ccc(OC)c(OC)c2)cc1. The molecule has 0 aromatic heterocycles. The second-order valence-electron chi connectivity index (χ2n) is 5.45. The first kappa shape index (κ1) is 21.2. The molecule has 0 aliphatic heterocycles. The first-order chi connectivity index (χ1) is 13.3. The molecule has 0 saturated heterocycles. The summed E-state index contributed by atoms with van der Waals surface area (Å²) >= 11 is 0. The number of carbonyl (C=O) groups excluding carboxylic acids is 2. The molecule has 9 nitrogen and oxygen atoms in total. The van der Waals surface area contributed by atoms with Gasteiger partial charge < -0.3 is 19.5 Å². The molecule has 2 aromatic rings. The van der Waals surface area contributed by atoms with Crippen LogP contribution in [0.15, 0.2) is 47.4 Å². The Balaban J connectivity index is 2.10. The lowest BCUT2D eigenvalue weighted by molar-refractivity contribution is -0.139. The van der Waals surface area contributed by atoms with Crippen LogP contribution in [0.25, 0.3) is 0 Å². The number of ether oxygens (including phenoxy) is 3. The molecule has 0 bridgehead atoms. The minimum Gasteiger partial charge on any atom is -0.493 e. The lowest BCUT2D eigenvalue weighted by Gasteiger charge is -2.10. The van der Waals surface area contributed by atoms with Crippen molar-refractivity contribution in [3.63, 3.8) is 0 Å². The van der Waals surface area contributed by atoms with E-state index in [4.69, 9.17) is 9.47 Å². The zero-order valence-corrected chi connectivity index (χ0v) is 16.3. The van der Waals surface area contributed by atoms with Gasteiger partial charge in [-0.1, -0.05) is 0 Å². The highest BCUT2D eigenvalue weighted by Gasteiger charge is 2.16. The number of benzene rings is 2. The third-order valence-electron chi connectivity index (χ3n) is 3.70. The molecule has 2 aromatic carbocycles. The summed E-state index contributed by atoms with van der Waals surface area (Å²) < 4.78 is 41.0. The highest BCUT2D eigenvalue weighted by molar-refractivity contribution is 7.89. The van der Waals surface area contributed by atoms with Gasteiger partial charge in [0, 0.05) is 11.3 Å². The van der Waals surface area contributed by atoms with Crippen molar-refractivity contribution in [3.8, 4) is 11.5 Å². The smallest absolute Gasteiger partial charge is 0.320 e. The number of methoxy groups -OCH3 is 3. The van der Waals surface area contributed by atoms with Gasteiger partial charge in [-0.25, -0.2) is 8.42 Å². The van der Waals surface area contributed by atoms with E-state index in [2.05, 4.69) is 14.8 Å². The van der Waals surface area contributed by atoms with Crippen molar-refractivity contribution in [1.29, 1.82) is 0 Å². The van der Waals surface area contributed by atoms with Crippen LogP contribution in [0.1, 0.15) is 10.4 Å². The summed E-state index contributed by atoms with van der Waals surface area (Å²) in [6.45, 7) is -0.476. The molecule has 0 saturated carbocycles. The molecule has 0 aliphatic rings. The standard InChI is InChI=1S/C18H20N2O7S/c1-25-15-9-4-12(10-16(15)26-2)18(22)20-13-5-7-14(8-6-13)28(23,24)19-11-17(21)27-3/h4-10,19H,11H2,1-3H3,(H,20,22). The van der Waals surface area contributed by atoms with Crippen LogP contribution in [-0.4, -0.2) is 48.2 Å². The molecule has 0 radical (unpaired) electrons. The van der Waals surface area contributed by atoms with Crippen LogP contribution in [0.3, 0.4) is 0 Å². The van der Waals surface area contributed by atoms with Gasteiger partial charge in [-0.05, 0) is 42.5 Å². The minimum atomic E-state index is -3.87. The van der Waals surface area contributed by atoms with Crippen molar-refractivity contribution in [2.75, 3.05) is 33.2 Å². The van der Waals surface area contributed by atoms with E-state index in [9.17, 15) is 18.0 Å². The third kappa shape index (κ3) is 5.21. The zero-order valence-electron chi connectivity index (χ0n) is 15.5. The lowest BCUT2D eigenvalue weighted by Crippen LogP contribution is -2.30. The summed E-state index contributed by atoms with van der Waals surface area (Å²) in [4.78, 5) is 23.4. The Morgan fingerprint density at radius 1 is 0.929 bits per heavy atom. The Morgan fingerprint density at radius 3 is 2.14 bits per heavy atom. The molecule has 28 heavy (non-hydrogen) atoms. The Morgan fingerprint density at radius 2 is 1.57 bits per heavy atom. The van der Waals surface area contributed by atoms with Crippen molar-refractivity contribution in [2.24, 2.45) is 0 Å². The summed E-state index contributed by atoms with van der Waals surface area (Å²) in [6.07, 6.45) is 0. The Bertz CT molecular complexity index is 956. The minimum absolute atomic E-state index is 0.0551. The fourth-order valence-corrected chi connectivity index (χ4v) is 3.18. The largest absolute Gasteiger partial charge is 0.493 e. The number of rotatable bonds is 8. The molecule has 0 aliphatic carbocycles. The molecule has 2 rings (SSSR count). The third-order valence-corrected chi connectivity index (χ3v) is 5.12. The highest BCUT2D eigenvalue weighted by atomic mass is 32.2. The number of sulfonamides is 1. The summed E-state index contributed by atoms with van der Waals surface area (Å²) in [6, 6.07) is 10.2. The zero-order chi connectivity index (χ0) is 20.7. The van der Waals surface area contributed by atoms with E-state index in [1.165, 1.54) is 44.6 Å². The van der Waals surface area contributed by atoms with Crippen LogP contribution in [-0.2, 0) is 19.6 Å². The van der Waals surface area contributed by atoms with Crippen molar-refractivity contribution >= 4 is 27.6 Å². The number of nitrogens with one attached hydrogen (secondary N) is 2. The predicted octanol–water partition coefficient (Wildman–Crippen LogP) is 1.41. The number of amides is 1. The van der Waals surface area contributed by atoms with Crippen molar-refractivity contribution in [1.82, 2.24) is 4.72 Å². The topological polar surface area (TPSA) is 120 Å². The van der Waals surface area contributed by atoms with E-state index < -0.39 is 28.4 Å². The normalized spacial score (nSPS) is 10.8. The molecular weight excluding hydrogens is 388 g/mol. The van der Waals surface area contributed by atoms with Gasteiger partial charge >= 0.3 is 5.97 Å². The fraction of sp³-hybridized carbons (Fsp3) is 0.222. The van der Waals surface area contributed by atoms with Crippen LogP contribution in [0.2, 0.25) is 0 Å². The van der Waals surface area contributed by atoms with Crippen LogP contribution < -0.4 is 19.5 Å². The Labute approximate surface area is 162 Å².